The van der Waals surface area contributed by atoms with Gasteiger partial charge in [0.1, 0.15) is 5.82 Å². The second-order valence-electron chi connectivity index (χ2n) is 6.30. The highest BCUT2D eigenvalue weighted by Crippen LogP contribution is 2.42. The maximum Gasteiger partial charge on any atom is 0.123 e. The molecule has 2 heteroatoms. The zero-order valence-electron chi connectivity index (χ0n) is 12.2. The zero-order chi connectivity index (χ0) is 13.9. The van der Waals surface area contributed by atoms with Gasteiger partial charge in [0.25, 0.3) is 0 Å². The molecule has 1 aromatic carbocycles. The van der Waals surface area contributed by atoms with Gasteiger partial charge in [-0.2, -0.15) is 0 Å². The van der Waals surface area contributed by atoms with Crippen LogP contribution in [0.2, 0.25) is 0 Å². The average Bonchev–Trinajstić information content (AvgIpc) is 2.44. The van der Waals surface area contributed by atoms with Crippen molar-refractivity contribution >= 4 is 0 Å². The smallest absolute Gasteiger partial charge is 0.123 e. The van der Waals surface area contributed by atoms with Crippen LogP contribution in [0.25, 0.3) is 0 Å². The predicted octanol–water partition coefficient (Wildman–Crippen LogP) is 4.22. The summed E-state index contributed by atoms with van der Waals surface area (Å²) < 4.78 is 13.4. The lowest BCUT2D eigenvalue weighted by molar-refractivity contribution is 0.153. The lowest BCUT2D eigenvalue weighted by atomic mass is 9.67. The third-order valence-corrected chi connectivity index (χ3v) is 5.05. The maximum absolute atomic E-state index is 13.4. The van der Waals surface area contributed by atoms with Crippen LogP contribution in [-0.4, -0.2) is 6.54 Å². The van der Waals surface area contributed by atoms with Gasteiger partial charge in [0, 0.05) is 0 Å². The Labute approximate surface area is 116 Å². The zero-order valence-corrected chi connectivity index (χ0v) is 12.2. The molecule has 2 N–H and O–H groups in total. The second-order valence-corrected chi connectivity index (χ2v) is 6.30. The van der Waals surface area contributed by atoms with Crippen LogP contribution in [0.3, 0.4) is 0 Å². The third kappa shape index (κ3) is 3.36. The molecule has 0 unspecified atom stereocenters. The molecule has 0 spiro atoms. The fourth-order valence-corrected chi connectivity index (χ4v) is 3.39. The lowest BCUT2D eigenvalue weighted by Crippen LogP contribution is -2.37. The first-order chi connectivity index (χ1) is 9.08. The molecule has 1 aromatic rings. The molecule has 106 valence electrons. The highest BCUT2D eigenvalue weighted by atomic mass is 19.1. The Morgan fingerprint density at radius 1 is 1.32 bits per heavy atom. The molecule has 1 fully saturated rings. The first kappa shape index (κ1) is 14.5. The standard InChI is InChI=1S/C17H26FN/c1-3-14-6-8-17(12-19,9-7-14)11-15-10-16(18)5-4-13(15)2/h4-5,10,14H,3,6-9,11-12,19H2,1-2H3. The van der Waals surface area contributed by atoms with E-state index in [1.807, 2.05) is 6.07 Å². The Balaban J connectivity index is 2.13. The highest BCUT2D eigenvalue weighted by molar-refractivity contribution is 5.28. The van der Waals surface area contributed by atoms with E-state index in [1.165, 1.54) is 37.7 Å². The molecule has 19 heavy (non-hydrogen) atoms. The summed E-state index contributed by atoms with van der Waals surface area (Å²) in [7, 11) is 0. The van der Waals surface area contributed by atoms with Crippen molar-refractivity contribution in [3.63, 3.8) is 0 Å². The van der Waals surface area contributed by atoms with E-state index in [2.05, 4.69) is 13.8 Å². The van der Waals surface area contributed by atoms with Gasteiger partial charge in [-0.3, -0.25) is 0 Å². The van der Waals surface area contributed by atoms with E-state index >= 15 is 0 Å². The molecule has 0 heterocycles. The van der Waals surface area contributed by atoms with Gasteiger partial charge in [0.15, 0.2) is 0 Å². The van der Waals surface area contributed by atoms with Crippen molar-refractivity contribution in [2.45, 2.75) is 52.4 Å². The monoisotopic (exact) mass is 263 g/mol. The van der Waals surface area contributed by atoms with Crippen LogP contribution in [0.1, 0.15) is 50.2 Å². The lowest BCUT2D eigenvalue weighted by Gasteiger charge is -2.40. The molecule has 1 saturated carbocycles. The van der Waals surface area contributed by atoms with E-state index in [-0.39, 0.29) is 11.2 Å². The minimum absolute atomic E-state index is 0.130. The van der Waals surface area contributed by atoms with Crippen molar-refractivity contribution in [1.29, 1.82) is 0 Å². The van der Waals surface area contributed by atoms with Crippen molar-refractivity contribution in [3.05, 3.63) is 35.1 Å². The van der Waals surface area contributed by atoms with Gasteiger partial charge >= 0.3 is 0 Å². The topological polar surface area (TPSA) is 26.0 Å². The summed E-state index contributed by atoms with van der Waals surface area (Å²) >= 11 is 0. The molecule has 0 aromatic heterocycles. The van der Waals surface area contributed by atoms with Crippen LogP contribution >= 0.6 is 0 Å². The number of hydrogen-bond donors (Lipinski definition) is 1. The molecular weight excluding hydrogens is 237 g/mol. The van der Waals surface area contributed by atoms with E-state index in [0.717, 1.165) is 24.4 Å². The fraction of sp³-hybridized carbons (Fsp3) is 0.647. The Bertz CT molecular complexity index is 419. The van der Waals surface area contributed by atoms with Crippen molar-refractivity contribution in [2.75, 3.05) is 6.54 Å². The Kier molecular flexibility index (Phi) is 4.62. The maximum atomic E-state index is 13.4. The number of halogens is 1. The SMILES string of the molecule is CCC1CCC(CN)(Cc2cc(F)ccc2C)CC1. The van der Waals surface area contributed by atoms with Crippen LogP contribution in [0.4, 0.5) is 4.39 Å². The van der Waals surface area contributed by atoms with Gasteiger partial charge in [0.05, 0.1) is 0 Å². The molecule has 0 bridgehead atoms. The second kappa shape index (κ2) is 6.04. The minimum atomic E-state index is -0.130. The van der Waals surface area contributed by atoms with E-state index in [0.29, 0.717) is 0 Å². The van der Waals surface area contributed by atoms with Crippen LogP contribution in [0.5, 0.6) is 0 Å². The summed E-state index contributed by atoms with van der Waals surface area (Å²) in [6.07, 6.45) is 7.16. The summed E-state index contributed by atoms with van der Waals surface area (Å²) in [6, 6.07) is 5.12. The number of benzene rings is 1. The Morgan fingerprint density at radius 2 is 2.00 bits per heavy atom. The van der Waals surface area contributed by atoms with Crippen LogP contribution in [-0.2, 0) is 6.42 Å². The summed E-state index contributed by atoms with van der Waals surface area (Å²) in [5, 5.41) is 0. The quantitative estimate of drug-likeness (QED) is 0.864. The Hall–Kier alpha value is -0.890. The molecule has 0 saturated heterocycles. The molecule has 0 aliphatic heterocycles. The Morgan fingerprint density at radius 3 is 2.58 bits per heavy atom. The highest BCUT2D eigenvalue weighted by Gasteiger charge is 2.34. The van der Waals surface area contributed by atoms with E-state index in [9.17, 15) is 4.39 Å². The molecule has 2 rings (SSSR count). The molecule has 0 radical (unpaired) electrons. The van der Waals surface area contributed by atoms with Gasteiger partial charge in [-0.05, 0) is 80.2 Å². The van der Waals surface area contributed by atoms with Crippen molar-refractivity contribution < 1.29 is 4.39 Å². The van der Waals surface area contributed by atoms with E-state index in [1.54, 1.807) is 12.1 Å². The third-order valence-electron chi connectivity index (χ3n) is 5.05. The predicted molar refractivity (Wildman–Crippen MR) is 78.6 cm³/mol. The molecule has 0 amide bonds. The molecule has 1 nitrogen and oxygen atoms in total. The van der Waals surface area contributed by atoms with Crippen LogP contribution in [0.15, 0.2) is 18.2 Å². The van der Waals surface area contributed by atoms with Gasteiger partial charge in [-0.25, -0.2) is 4.39 Å². The number of nitrogens with two attached hydrogens (primary N) is 1. The van der Waals surface area contributed by atoms with Crippen molar-refractivity contribution in [3.8, 4) is 0 Å². The van der Waals surface area contributed by atoms with Gasteiger partial charge in [-0.1, -0.05) is 19.4 Å². The van der Waals surface area contributed by atoms with Crippen molar-refractivity contribution in [1.82, 2.24) is 0 Å². The fourth-order valence-electron chi connectivity index (χ4n) is 3.39. The first-order valence-corrected chi connectivity index (χ1v) is 7.53. The summed E-state index contributed by atoms with van der Waals surface area (Å²) in [5.74, 6) is 0.739. The average molecular weight is 263 g/mol. The van der Waals surface area contributed by atoms with Crippen molar-refractivity contribution in [2.24, 2.45) is 17.1 Å². The summed E-state index contributed by atoms with van der Waals surface area (Å²) in [4.78, 5) is 0. The van der Waals surface area contributed by atoms with Crippen LogP contribution < -0.4 is 5.73 Å². The van der Waals surface area contributed by atoms with E-state index in [4.69, 9.17) is 5.73 Å². The van der Waals surface area contributed by atoms with Crippen LogP contribution in [0, 0.1) is 24.1 Å². The van der Waals surface area contributed by atoms with Gasteiger partial charge in [-0.15, -0.1) is 0 Å². The number of rotatable bonds is 4. The first-order valence-electron chi connectivity index (χ1n) is 7.53. The summed E-state index contributed by atoms with van der Waals surface area (Å²) in [5.41, 5.74) is 8.59. The molecule has 0 atom stereocenters. The number of aryl methyl sites for hydroxylation is 1. The van der Waals surface area contributed by atoms with Gasteiger partial charge < -0.3 is 5.73 Å². The normalized spacial score (nSPS) is 27.5. The number of hydrogen-bond acceptors (Lipinski definition) is 1. The molecule has 1 aliphatic rings. The summed E-state index contributed by atoms with van der Waals surface area (Å²) in [6.45, 7) is 5.06. The minimum Gasteiger partial charge on any atom is -0.330 e. The molecular formula is C17H26FN. The molecule has 1 aliphatic carbocycles. The van der Waals surface area contributed by atoms with E-state index < -0.39 is 0 Å². The van der Waals surface area contributed by atoms with Gasteiger partial charge in [0.2, 0.25) is 0 Å². The largest absolute Gasteiger partial charge is 0.330 e.